The number of rotatable bonds is 2. The molecule has 0 bridgehead atoms. The number of aromatic nitrogens is 1. The van der Waals surface area contributed by atoms with Crippen molar-refractivity contribution < 1.29 is 0 Å². The molecule has 0 saturated carbocycles. The average molecular weight is 235 g/mol. The lowest BCUT2D eigenvalue weighted by Crippen LogP contribution is -1.82. The standard InChI is InChI=1S/C11H7ClN2S/c12-10-4-2-1-3-9(10)11-14-8(5-6-13)7-15-11/h1-4,7H,5H2. The van der Waals surface area contributed by atoms with Crippen molar-refractivity contribution in [1.82, 2.24) is 4.98 Å². The molecule has 74 valence electrons. The minimum atomic E-state index is 0.348. The maximum atomic E-state index is 8.54. The normalized spacial score (nSPS) is 9.87. The Morgan fingerprint density at radius 2 is 2.20 bits per heavy atom. The van der Waals surface area contributed by atoms with Crippen LogP contribution in [0.4, 0.5) is 0 Å². The third-order valence-corrected chi connectivity index (χ3v) is 3.17. The van der Waals surface area contributed by atoms with Gasteiger partial charge in [-0.25, -0.2) is 4.98 Å². The molecule has 1 aromatic carbocycles. The molecule has 15 heavy (non-hydrogen) atoms. The topological polar surface area (TPSA) is 36.7 Å². The van der Waals surface area contributed by atoms with E-state index in [1.807, 2.05) is 29.6 Å². The Bertz CT molecular complexity index is 513. The summed E-state index contributed by atoms with van der Waals surface area (Å²) in [5.41, 5.74) is 1.73. The molecule has 2 aromatic rings. The van der Waals surface area contributed by atoms with Gasteiger partial charge in [-0.3, -0.25) is 0 Å². The van der Waals surface area contributed by atoms with Crippen LogP contribution in [0.25, 0.3) is 10.6 Å². The van der Waals surface area contributed by atoms with Crippen molar-refractivity contribution in [1.29, 1.82) is 5.26 Å². The van der Waals surface area contributed by atoms with Gasteiger partial charge in [0.25, 0.3) is 0 Å². The lowest BCUT2D eigenvalue weighted by molar-refractivity contribution is 1.16. The average Bonchev–Trinajstić information content (AvgIpc) is 2.68. The van der Waals surface area contributed by atoms with Crippen molar-refractivity contribution in [2.75, 3.05) is 0 Å². The SMILES string of the molecule is N#CCc1csc(-c2ccccc2Cl)n1. The summed E-state index contributed by atoms with van der Waals surface area (Å²) in [6, 6.07) is 9.65. The molecule has 0 aliphatic carbocycles. The number of nitriles is 1. The Morgan fingerprint density at radius 1 is 1.40 bits per heavy atom. The predicted octanol–water partition coefficient (Wildman–Crippen LogP) is 3.53. The summed E-state index contributed by atoms with van der Waals surface area (Å²) in [6.45, 7) is 0. The molecule has 2 nitrogen and oxygen atoms in total. The van der Waals surface area contributed by atoms with Crippen LogP contribution in [0.2, 0.25) is 5.02 Å². The van der Waals surface area contributed by atoms with Crippen LogP contribution in [0.15, 0.2) is 29.6 Å². The van der Waals surface area contributed by atoms with Gasteiger partial charge >= 0.3 is 0 Å². The van der Waals surface area contributed by atoms with Gasteiger partial charge in [-0.1, -0.05) is 29.8 Å². The molecule has 1 heterocycles. The van der Waals surface area contributed by atoms with Crippen LogP contribution in [-0.2, 0) is 6.42 Å². The maximum Gasteiger partial charge on any atom is 0.125 e. The fraction of sp³-hybridized carbons (Fsp3) is 0.0909. The van der Waals surface area contributed by atoms with Crippen LogP contribution in [0.3, 0.4) is 0 Å². The van der Waals surface area contributed by atoms with E-state index >= 15 is 0 Å². The molecule has 0 aliphatic rings. The largest absolute Gasteiger partial charge is 0.240 e. The van der Waals surface area contributed by atoms with E-state index in [-0.39, 0.29) is 0 Å². The molecule has 4 heteroatoms. The molecule has 2 rings (SSSR count). The first-order valence-electron chi connectivity index (χ1n) is 4.37. The Balaban J connectivity index is 2.38. The van der Waals surface area contributed by atoms with E-state index in [0.29, 0.717) is 11.4 Å². The molecule has 1 aromatic heterocycles. The van der Waals surface area contributed by atoms with Crippen molar-refractivity contribution in [3.63, 3.8) is 0 Å². The summed E-state index contributed by atoms with van der Waals surface area (Å²) in [5, 5.41) is 12.0. The highest BCUT2D eigenvalue weighted by Crippen LogP contribution is 2.29. The molecule has 0 atom stereocenters. The van der Waals surface area contributed by atoms with E-state index in [2.05, 4.69) is 11.1 Å². The van der Waals surface area contributed by atoms with Gasteiger partial charge < -0.3 is 0 Å². The highest BCUT2D eigenvalue weighted by Gasteiger charge is 2.07. The number of hydrogen-bond acceptors (Lipinski definition) is 3. The Kier molecular flexibility index (Phi) is 3.00. The van der Waals surface area contributed by atoms with Gasteiger partial charge in [-0.05, 0) is 6.07 Å². The minimum absolute atomic E-state index is 0.348. The molecule has 0 spiro atoms. The van der Waals surface area contributed by atoms with Crippen molar-refractivity contribution in [2.24, 2.45) is 0 Å². The second-order valence-electron chi connectivity index (χ2n) is 2.96. The molecular formula is C11H7ClN2S. The quantitative estimate of drug-likeness (QED) is 0.797. The zero-order valence-electron chi connectivity index (χ0n) is 7.77. The van der Waals surface area contributed by atoms with Crippen LogP contribution in [0.5, 0.6) is 0 Å². The molecule has 0 aliphatic heterocycles. The van der Waals surface area contributed by atoms with Gasteiger partial charge in [0.1, 0.15) is 5.01 Å². The van der Waals surface area contributed by atoms with Crippen molar-refractivity contribution >= 4 is 22.9 Å². The zero-order valence-corrected chi connectivity index (χ0v) is 9.35. The first-order valence-corrected chi connectivity index (χ1v) is 5.63. The van der Waals surface area contributed by atoms with Crippen molar-refractivity contribution in [3.05, 3.63) is 40.4 Å². The second-order valence-corrected chi connectivity index (χ2v) is 4.22. The van der Waals surface area contributed by atoms with Gasteiger partial charge in [-0.15, -0.1) is 11.3 Å². The minimum Gasteiger partial charge on any atom is -0.240 e. The predicted molar refractivity (Wildman–Crippen MR) is 61.9 cm³/mol. The number of halogens is 1. The van der Waals surface area contributed by atoms with Gasteiger partial charge in [-0.2, -0.15) is 5.26 Å². The number of benzene rings is 1. The molecule has 0 unspecified atom stereocenters. The van der Waals surface area contributed by atoms with Gasteiger partial charge in [0.05, 0.1) is 23.2 Å². The van der Waals surface area contributed by atoms with Crippen LogP contribution < -0.4 is 0 Å². The third kappa shape index (κ3) is 2.17. The van der Waals surface area contributed by atoms with E-state index in [9.17, 15) is 0 Å². The van der Waals surface area contributed by atoms with Crippen LogP contribution in [0.1, 0.15) is 5.69 Å². The summed E-state index contributed by atoms with van der Waals surface area (Å²) in [6.07, 6.45) is 0.348. The van der Waals surface area contributed by atoms with E-state index in [1.165, 1.54) is 11.3 Å². The molecular weight excluding hydrogens is 228 g/mol. The van der Waals surface area contributed by atoms with Crippen LogP contribution in [-0.4, -0.2) is 4.98 Å². The van der Waals surface area contributed by atoms with Crippen molar-refractivity contribution in [2.45, 2.75) is 6.42 Å². The molecule has 0 N–H and O–H groups in total. The first-order chi connectivity index (χ1) is 7.31. The Morgan fingerprint density at radius 3 is 2.93 bits per heavy atom. The monoisotopic (exact) mass is 234 g/mol. The Hall–Kier alpha value is -1.37. The molecule has 0 radical (unpaired) electrons. The second kappa shape index (κ2) is 4.43. The summed E-state index contributed by atoms with van der Waals surface area (Å²) in [4.78, 5) is 4.34. The smallest absolute Gasteiger partial charge is 0.125 e. The first kappa shape index (κ1) is 10.2. The van der Waals surface area contributed by atoms with Gasteiger partial charge in [0, 0.05) is 10.9 Å². The fourth-order valence-corrected chi connectivity index (χ4v) is 2.37. The zero-order chi connectivity index (χ0) is 10.7. The summed E-state index contributed by atoms with van der Waals surface area (Å²) >= 11 is 7.56. The highest BCUT2D eigenvalue weighted by atomic mass is 35.5. The van der Waals surface area contributed by atoms with E-state index in [1.54, 1.807) is 0 Å². The lowest BCUT2D eigenvalue weighted by atomic mass is 10.2. The van der Waals surface area contributed by atoms with Crippen molar-refractivity contribution in [3.8, 4) is 16.6 Å². The van der Waals surface area contributed by atoms with Gasteiger partial charge in [0.15, 0.2) is 0 Å². The lowest BCUT2D eigenvalue weighted by Gasteiger charge is -1.97. The summed E-state index contributed by atoms with van der Waals surface area (Å²) < 4.78 is 0. The number of nitrogens with zero attached hydrogens (tertiary/aromatic N) is 2. The number of hydrogen-bond donors (Lipinski definition) is 0. The number of thiazole rings is 1. The Labute approximate surface area is 96.8 Å². The highest BCUT2D eigenvalue weighted by molar-refractivity contribution is 7.13. The van der Waals surface area contributed by atoms with E-state index < -0.39 is 0 Å². The summed E-state index contributed by atoms with van der Waals surface area (Å²) in [7, 11) is 0. The van der Waals surface area contributed by atoms with Crippen LogP contribution >= 0.6 is 22.9 Å². The molecule has 0 saturated heterocycles. The van der Waals surface area contributed by atoms with Gasteiger partial charge in [0.2, 0.25) is 0 Å². The van der Waals surface area contributed by atoms with Crippen LogP contribution in [0, 0.1) is 11.3 Å². The summed E-state index contributed by atoms with van der Waals surface area (Å²) in [5.74, 6) is 0. The maximum absolute atomic E-state index is 8.54. The van der Waals surface area contributed by atoms with E-state index in [4.69, 9.17) is 16.9 Å². The molecule has 0 fully saturated rings. The molecule has 0 amide bonds. The fourth-order valence-electron chi connectivity index (χ4n) is 1.23. The third-order valence-electron chi connectivity index (χ3n) is 1.92. The van der Waals surface area contributed by atoms with E-state index in [0.717, 1.165) is 16.3 Å².